The zero-order chi connectivity index (χ0) is 13.9. The second kappa shape index (κ2) is 5.84. The number of halogens is 2. The monoisotopic (exact) mass is 270 g/mol. The first-order chi connectivity index (χ1) is 8.94. The Hall–Kier alpha value is -1.20. The molecule has 1 N–H and O–H groups in total. The topological polar surface area (TPSA) is 24.5 Å². The van der Waals surface area contributed by atoms with Crippen molar-refractivity contribution in [3.8, 4) is 5.75 Å². The van der Waals surface area contributed by atoms with E-state index in [1.807, 2.05) is 6.07 Å². The molecule has 1 aliphatic rings. The summed E-state index contributed by atoms with van der Waals surface area (Å²) in [6.07, 6.45) is 0. The number of piperazine rings is 1. The van der Waals surface area contributed by atoms with Crippen molar-refractivity contribution >= 4 is 0 Å². The molecule has 2 rings (SSSR count). The quantitative estimate of drug-likeness (QED) is 0.909. The number of nitrogens with one attached hydrogen (secondary N) is 1. The lowest BCUT2D eigenvalue weighted by Crippen LogP contribution is -2.56. The van der Waals surface area contributed by atoms with Crippen LogP contribution >= 0.6 is 0 Å². The minimum atomic E-state index is -2.77. The average molecular weight is 270 g/mol. The van der Waals surface area contributed by atoms with Crippen molar-refractivity contribution in [1.82, 2.24) is 10.2 Å². The highest BCUT2D eigenvalue weighted by Crippen LogP contribution is 2.19. The Balaban J connectivity index is 1.98. The molecular weight excluding hydrogens is 250 g/mol. The number of ether oxygens (including phenoxy) is 1. The summed E-state index contributed by atoms with van der Waals surface area (Å²) in [6, 6.07) is 6.92. The first-order valence-electron chi connectivity index (χ1n) is 6.46. The van der Waals surface area contributed by atoms with Gasteiger partial charge in [-0.2, -0.15) is 8.78 Å². The van der Waals surface area contributed by atoms with E-state index in [9.17, 15) is 8.78 Å². The van der Waals surface area contributed by atoms with Crippen molar-refractivity contribution in [3.05, 3.63) is 29.8 Å². The Labute approximate surface area is 112 Å². The van der Waals surface area contributed by atoms with Gasteiger partial charge in [-0.15, -0.1) is 0 Å². The van der Waals surface area contributed by atoms with Crippen LogP contribution in [0.5, 0.6) is 5.75 Å². The minimum absolute atomic E-state index is 0.0926. The lowest BCUT2D eigenvalue weighted by atomic mass is 10.0. The number of hydrogen-bond donors (Lipinski definition) is 1. The molecule has 1 saturated heterocycles. The van der Waals surface area contributed by atoms with Gasteiger partial charge in [0, 0.05) is 31.7 Å². The van der Waals surface area contributed by atoms with Crippen LogP contribution in [0.25, 0.3) is 0 Å². The Morgan fingerprint density at radius 3 is 2.89 bits per heavy atom. The standard InChI is InChI=1S/C14H20F2N2O/c1-14(2)10-18(7-6-17-14)9-11-4-3-5-12(8-11)19-13(15)16/h3-5,8,13,17H,6-7,9-10H2,1-2H3. The SMILES string of the molecule is CC1(C)CN(Cc2cccc(OC(F)F)c2)CCN1. The second-order valence-corrected chi connectivity index (χ2v) is 5.55. The number of alkyl halides is 2. The lowest BCUT2D eigenvalue weighted by Gasteiger charge is -2.39. The molecule has 0 aromatic heterocycles. The van der Waals surface area contributed by atoms with Gasteiger partial charge in [0.25, 0.3) is 0 Å². The van der Waals surface area contributed by atoms with E-state index in [0.717, 1.165) is 31.7 Å². The van der Waals surface area contributed by atoms with E-state index < -0.39 is 6.61 Å². The van der Waals surface area contributed by atoms with E-state index in [1.165, 1.54) is 0 Å². The maximum Gasteiger partial charge on any atom is 0.387 e. The van der Waals surface area contributed by atoms with Gasteiger partial charge >= 0.3 is 6.61 Å². The Morgan fingerprint density at radius 1 is 1.42 bits per heavy atom. The van der Waals surface area contributed by atoms with Gasteiger partial charge < -0.3 is 10.1 Å². The molecular formula is C14H20F2N2O. The van der Waals surface area contributed by atoms with Gasteiger partial charge in [0.2, 0.25) is 0 Å². The number of benzene rings is 1. The summed E-state index contributed by atoms with van der Waals surface area (Å²) in [5.74, 6) is 0.224. The molecule has 19 heavy (non-hydrogen) atoms. The number of hydrogen-bond acceptors (Lipinski definition) is 3. The van der Waals surface area contributed by atoms with Gasteiger partial charge in [0.05, 0.1) is 0 Å². The third kappa shape index (κ3) is 4.44. The molecule has 5 heteroatoms. The number of nitrogens with zero attached hydrogens (tertiary/aromatic N) is 1. The molecule has 1 aromatic carbocycles. The summed E-state index contributed by atoms with van der Waals surface area (Å²) < 4.78 is 28.8. The van der Waals surface area contributed by atoms with Crippen LogP contribution in [0.2, 0.25) is 0 Å². The molecule has 0 bridgehead atoms. The Bertz CT molecular complexity index is 424. The number of rotatable bonds is 4. The average Bonchev–Trinajstić information content (AvgIpc) is 2.26. The first kappa shape index (κ1) is 14.2. The van der Waals surface area contributed by atoms with E-state index in [-0.39, 0.29) is 11.3 Å². The molecule has 0 amide bonds. The van der Waals surface area contributed by atoms with Gasteiger partial charge in [-0.25, -0.2) is 0 Å². The minimum Gasteiger partial charge on any atom is -0.435 e. The van der Waals surface area contributed by atoms with Gasteiger partial charge in [-0.05, 0) is 31.5 Å². The summed E-state index contributed by atoms with van der Waals surface area (Å²) >= 11 is 0. The fourth-order valence-electron chi connectivity index (χ4n) is 2.46. The first-order valence-corrected chi connectivity index (χ1v) is 6.46. The largest absolute Gasteiger partial charge is 0.435 e. The van der Waals surface area contributed by atoms with Crippen molar-refractivity contribution in [2.24, 2.45) is 0 Å². The van der Waals surface area contributed by atoms with E-state index in [4.69, 9.17) is 0 Å². The lowest BCUT2D eigenvalue weighted by molar-refractivity contribution is -0.0499. The highest BCUT2D eigenvalue weighted by atomic mass is 19.3. The van der Waals surface area contributed by atoms with Crippen LogP contribution in [0, 0.1) is 0 Å². The fraction of sp³-hybridized carbons (Fsp3) is 0.571. The maximum absolute atomic E-state index is 12.2. The van der Waals surface area contributed by atoms with E-state index in [2.05, 4.69) is 28.8 Å². The van der Waals surface area contributed by atoms with Crippen LogP contribution in [-0.4, -0.2) is 36.7 Å². The van der Waals surface area contributed by atoms with Crippen molar-refractivity contribution in [1.29, 1.82) is 0 Å². The molecule has 1 aliphatic heterocycles. The van der Waals surface area contributed by atoms with Gasteiger partial charge in [0.15, 0.2) is 0 Å². The zero-order valence-corrected chi connectivity index (χ0v) is 11.3. The van der Waals surface area contributed by atoms with Crippen LogP contribution in [0.15, 0.2) is 24.3 Å². The Morgan fingerprint density at radius 2 is 2.21 bits per heavy atom. The smallest absolute Gasteiger partial charge is 0.387 e. The molecule has 0 atom stereocenters. The molecule has 106 valence electrons. The third-order valence-electron chi connectivity index (χ3n) is 3.18. The predicted octanol–water partition coefficient (Wildman–Crippen LogP) is 2.47. The van der Waals surface area contributed by atoms with E-state index in [1.54, 1.807) is 18.2 Å². The van der Waals surface area contributed by atoms with Crippen LogP contribution in [0.1, 0.15) is 19.4 Å². The highest BCUT2D eigenvalue weighted by molar-refractivity contribution is 5.28. The zero-order valence-electron chi connectivity index (χ0n) is 11.3. The molecule has 0 spiro atoms. The van der Waals surface area contributed by atoms with Crippen LogP contribution in [0.4, 0.5) is 8.78 Å². The summed E-state index contributed by atoms with van der Waals surface area (Å²) in [5, 5.41) is 3.45. The fourth-order valence-corrected chi connectivity index (χ4v) is 2.46. The maximum atomic E-state index is 12.2. The molecule has 1 fully saturated rings. The normalized spacial score (nSPS) is 19.6. The molecule has 3 nitrogen and oxygen atoms in total. The summed E-state index contributed by atoms with van der Waals surface area (Å²) in [7, 11) is 0. The van der Waals surface area contributed by atoms with Gasteiger partial charge in [0.1, 0.15) is 5.75 Å². The van der Waals surface area contributed by atoms with Crippen LogP contribution < -0.4 is 10.1 Å². The molecule has 0 aliphatic carbocycles. The van der Waals surface area contributed by atoms with Crippen molar-refractivity contribution in [2.75, 3.05) is 19.6 Å². The van der Waals surface area contributed by atoms with E-state index in [0.29, 0.717) is 0 Å². The third-order valence-corrected chi connectivity index (χ3v) is 3.18. The molecule has 1 aromatic rings. The summed E-state index contributed by atoms with van der Waals surface area (Å²) in [6.45, 7) is 5.15. The van der Waals surface area contributed by atoms with Crippen LogP contribution in [0.3, 0.4) is 0 Å². The van der Waals surface area contributed by atoms with E-state index >= 15 is 0 Å². The van der Waals surface area contributed by atoms with Gasteiger partial charge in [-0.3, -0.25) is 4.90 Å². The van der Waals surface area contributed by atoms with Crippen molar-refractivity contribution < 1.29 is 13.5 Å². The molecule has 0 saturated carbocycles. The van der Waals surface area contributed by atoms with Crippen LogP contribution in [-0.2, 0) is 6.54 Å². The summed E-state index contributed by atoms with van der Waals surface area (Å²) in [5.41, 5.74) is 1.09. The van der Waals surface area contributed by atoms with Crippen molar-refractivity contribution in [3.63, 3.8) is 0 Å². The predicted molar refractivity (Wildman–Crippen MR) is 70.4 cm³/mol. The van der Waals surface area contributed by atoms with Crippen molar-refractivity contribution in [2.45, 2.75) is 32.5 Å². The molecule has 0 radical (unpaired) electrons. The summed E-state index contributed by atoms with van der Waals surface area (Å²) in [4.78, 5) is 2.32. The second-order valence-electron chi connectivity index (χ2n) is 5.55. The molecule has 0 unspecified atom stereocenters. The molecule has 1 heterocycles. The Kier molecular flexibility index (Phi) is 4.37. The highest BCUT2D eigenvalue weighted by Gasteiger charge is 2.25. The van der Waals surface area contributed by atoms with Gasteiger partial charge in [-0.1, -0.05) is 12.1 Å².